The van der Waals surface area contributed by atoms with Crippen LogP contribution in [0.25, 0.3) is 0 Å². The zero-order chi connectivity index (χ0) is 23.1. The lowest BCUT2D eigenvalue weighted by Crippen LogP contribution is -2.40. The van der Waals surface area contributed by atoms with Crippen LogP contribution in [0.3, 0.4) is 0 Å². The number of hydrogen-bond donors (Lipinski definition) is 1. The Balaban J connectivity index is 1.70. The Morgan fingerprint density at radius 2 is 1.78 bits per heavy atom. The number of anilines is 1. The van der Waals surface area contributed by atoms with Gasteiger partial charge in [-0.3, -0.25) is 9.59 Å². The number of hydrogen-bond acceptors (Lipinski definition) is 6. The van der Waals surface area contributed by atoms with Gasteiger partial charge in [0.25, 0.3) is 0 Å². The minimum atomic E-state index is -3.85. The predicted molar refractivity (Wildman–Crippen MR) is 116 cm³/mol. The number of nitrogens with one attached hydrogen (secondary N) is 1. The fourth-order valence-electron chi connectivity index (χ4n) is 3.22. The van der Waals surface area contributed by atoms with Crippen LogP contribution in [-0.4, -0.2) is 57.3 Å². The molecule has 1 aliphatic rings. The lowest BCUT2D eigenvalue weighted by molar-refractivity contribution is -0.116. The molecule has 32 heavy (non-hydrogen) atoms. The van der Waals surface area contributed by atoms with Crippen molar-refractivity contribution in [1.82, 2.24) is 4.31 Å². The average molecular weight is 465 g/mol. The maximum atomic E-state index is 13.1. The summed E-state index contributed by atoms with van der Waals surface area (Å²) in [5, 5.41) is 2.63. The maximum Gasteiger partial charge on any atom is 0.246 e. The molecule has 1 heterocycles. The van der Waals surface area contributed by atoms with Crippen molar-refractivity contribution in [1.29, 1.82) is 0 Å². The van der Waals surface area contributed by atoms with Gasteiger partial charge in [-0.1, -0.05) is 0 Å². The monoisotopic (exact) mass is 464 g/mol. The lowest BCUT2D eigenvalue weighted by Gasteiger charge is -2.27. The maximum absolute atomic E-state index is 13.1. The van der Waals surface area contributed by atoms with Gasteiger partial charge in [-0.25, -0.2) is 12.8 Å². The van der Waals surface area contributed by atoms with Gasteiger partial charge in [-0.05, 0) is 49.4 Å². The minimum Gasteiger partial charge on any atom is -0.492 e. The summed E-state index contributed by atoms with van der Waals surface area (Å²) in [6, 6.07) is 9.50. The van der Waals surface area contributed by atoms with Crippen molar-refractivity contribution in [3.05, 3.63) is 53.8 Å². The number of carbonyl (C=O) groups is 2. The Morgan fingerprint density at radius 1 is 1.09 bits per heavy atom. The second-order valence-electron chi connectivity index (χ2n) is 7.09. The summed E-state index contributed by atoms with van der Waals surface area (Å²) in [5.74, 6) is -0.983. The van der Waals surface area contributed by atoms with Crippen molar-refractivity contribution < 1.29 is 31.9 Å². The van der Waals surface area contributed by atoms with E-state index in [9.17, 15) is 22.4 Å². The van der Waals surface area contributed by atoms with Crippen LogP contribution in [-0.2, 0) is 19.6 Å². The number of Topliss-reactive ketones (excluding diaryl/α,β-unsaturated/α-hetero) is 1. The quantitative estimate of drug-likeness (QED) is 0.573. The summed E-state index contributed by atoms with van der Waals surface area (Å²) in [5.41, 5.74) is 0.596. The van der Waals surface area contributed by atoms with Crippen LogP contribution in [0, 0.1) is 5.82 Å². The fourth-order valence-corrected chi connectivity index (χ4v) is 4.78. The van der Waals surface area contributed by atoms with Crippen LogP contribution in [0.1, 0.15) is 30.1 Å². The van der Waals surface area contributed by atoms with Crippen LogP contribution in [0.5, 0.6) is 5.75 Å². The van der Waals surface area contributed by atoms with Gasteiger partial charge >= 0.3 is 0 Å². The second kappa shape index (κ2) is 10.7. The molecule has 2 aromatic carbocycles. The van der Waals surface area contributed by atoms with E-state index in [1.807, 2.05) is 0 Å². The number of sulfonamides is 1. The SMILES string of the molecule is CCOc1ccc(NC(=O)CCC(=O)c2ccc(F)cc2)cc1S(=O)(=O)N1CCOCC1. The number of ketones is 1. The summed E-state index contributed by atoms with van der Waals surface area (Å²) in [6.45, 7) is 3.11. The van der Waals surface area contributed by atoms with E-state index >= 15 is 0 Å². The zero-order valence-electron chi connectivity index (χ0n) is 17.7. The molecule has 1 amide bonds. The van der Waals surface area contributed by atoms with Crippen molar-refractivity contribution in [3.8, 4) is 5.75 Å². The number of nitrogens with zero attached hydrogens (tertiary/aromatic N) is 1. The van der Waals surface area contributed by atoms with Gasteiger partial charge in [-0.15, -0.1) is 0 Å². The topological polar surface area (TPSA) is 102 Å². The fraction of sp³-hybridized carbons (Fsp3) is 0.364. The van der Waals surface area contributed by atoms with Crippen LogP contribution >= 0.6 is 0 Å². The van der Waals surface area contributed by atoms with E-state index in [0.717, 1.165) is 0 Å². The summed E-state index contributed by atoms with van der Waals surface area (Å²) in [4.78, 5) is 24.5. The van der Waals surface area contributed by atoms with E-state index in [-0.39, 0.29) is 54.7 Å². The molecule has 1 aliphatic heterocycles. The summed E-state index contributed by atoms with van der Waals surface area (Å²) in [7, 11) is -3.85. The normalized spacial score (nSPS) is 14.7. The standard InChI is InChI=1S/C22H25FN2O6S/c1-2-31-20-9-7-18(15-21(20)32(28,29)25-11-13-30-14-12-25)24-22(27)10-8-19(26)16-3-5-17(23)6-4-16/h3-7,9,15H,2,8,10-14H2,1H3,(H,24,27). The number of morpholine rings is 1. The molecule has 10 heteroatoms. The van der Waals surface area contributed by atoms with Gasteiger partial charge in [0.1, 0.15) is 16.5 Å². The number of halogens is 1. The highest BCUT2D eigenvalue weighted by molar-refractivity contribution is 7.89. The third kappa shape index (κ3) is 5.90. The second-order valence-corrected chi connectivity index (χ2v) is 9.00. The predicted octanol–water partition coefficient (Wildman–Crippen LogP) is 2.85. The smallest absolute Gasteiger partial charge is 0.246 e. The van der Waals surface area contributed by atoms with Crippen molar-refractivity contribution in [2.24, 2.45) is 0 Å². The van der Waals surface area contributed by atoms with Gasteiger partial charge in [0.2, 0.25) is 15.9 Å². The van der Waals surface area contributed by atoms with E-state index in [1.165, 1.54) is 40.7 Å². The Morgan fingerprint density at radius 3 is 2.44 bits per heavy atom. The molecular weight excluding hydrogens is 439 g/mol. The van der Waals surface area contributed by atoms with Crippen LogP contribution in [0.2, 0.25) is 0 Å². The van der Waals surface area contributed by atoms with Crippen LogP contribution < -0.4 is 10.1 Å². The average Bonchev–Trinajstić information content (AvgIpc) is 2.79. The molecule has 0 radical (unpaired) electrons. The number of rotatable bonds is 9. The summed E-state index contributed by atoms with van der Waals surface area (Å²) < 4.78 is 51.3. The van der Waals surface area contributed by atoms with E-state index in [2.05, 4.69) is 5.32 Å². The van der Waals surface area contributed by atoms with Crippen molar-refractivity contribution >= 4 is 27.4 Å². The molecule has 172 valence electrons. The molecule has 0 aromatic heterocycles. The number of ether oxygens (including phenoxy) is 2. The van der Waals surface area contributed by atoms with Gasteiger partial charge < -0.3 is 14.8 Å². The van der Waals surface area contributed by atoms with Crippen LogP contribution in [0.15, 0.2) is 47.4 Å². The van der Waals surface area contributed by atoms with Gasteiger partial charge in [-0.2, -0.15) is 4.31 Å². The molecule has 1 fully saturated rings. The first-order chi connectivity index (χ1) is 15.3. The Bertz CT molecular complexity index is 1070. The minimum absolute atomic E-state index is 0.0403. The van der Waals surface area contributed by atoms with E-state index in [0.29, 0.717) is 18.8 Å². The molecule has 2 aromatic rings. The molecule has 8 nitrogen and oxygen atoms in total. The Kier molecular flexibility index (Phi) is 7.94. The molecule has 1 saturated heterocycles. The first-order valence-corrected chi connectivity index (χ1v) is 11.7. The summed E-state index contributed by atoms with van der Waals surface area (Å²) in [6.07, 6.45) is -0.164. The molecule has 3 rings (SSSR count). The van der Waals surface area contributed by atoms with Gasteiger partial charge in [0, 0.05) is 37.2 Å². The molecule has 0 unspecified atom stereocenters. The molecule has 0 atom stereocenters. The highest BCUT2D eigenvalue weighted by atomic mass is 32.2. The van der Waals surface area contributed by atoms with Crippen molar-refractivity contribution in [2.45, 2.75) is 24.7 Å². The molecular formula is C22H25FN2O6S. The highest BCUT2D eigenvalue weighted by Gasteiger charge is 2.29. The summed E-state index contributed by atoms with van der Waals surface area (Å²) >= 11 is 0. The number of carbonyl (C=O) groups excluding carboxylic acids is 2. The van der Waals surface area contributed by atoms with E-state index in [1.54, 1.807) is 13.0 Å². The van der Waals surface area contributed by atoms with Gasteiger partial charge in [0.15, 0.2) is 5.78 Å². The first-order valence-electron chi connectivity index (χ1n) is 10.2. The molecule has 0 bridgehead atoms. The Labute approximate surface area is 186 Å². The zero-order valence-corrected chi connectivity index (χ0v) is 18.5. The number of benzene rings is 2. The number of amides is 1. The molecule has 1 N–H and O–H groups in total. The molecule has 0 aliphatic carbocycles. The molecule has 0 saturated carbocycles. The largest absolute Gasteiger partial charge is 0.492 e. The third-order valence-corrected chi connectivity index (χ3v) is 6.78. The van der Waals surface area contributed by atoms with E-state index < -0.39 is 21.7 Å². The van der Waals surface area contributed by atoms with Crippen LogP contribution in [0.4, 0.5) is 10.1 Å². The molecule has 0 spiro atoms. The highest BCUT2D eigenvalue weighted by Crippen LogP contribution is 2.30. The van der Waals surface area contributed by atoms with E-state index in [4.69, 9.17) is 9.47 Å². The first kappa shape index (κ1) is 23.8. The van der Waals surface area contributed by atoms with Gasteiger partial charge in [0.05, 0.1) is 19.8 Å². The van der Waals surface area contributed by atoms with Crippen molar-refractivity contribution in [3.63, 3.8) is 0 Å². The third-order valence-electron chi connectivity index (χ3n) is 4.86. The van der Waals surface area contributed by atoms with Crippen molar-refractivity contribution in [2.75, 3.05) is 38.2 Å². The Hall–Kier alpha value is -2.82. The lowest BCUT2D eigenvalue weighted by atomic mass is 10.1.